The molecule has 0 radical (unpaired) electrons. The topological polar surface area (TPSA) is 380 Å². The highest BCUT2D eigenvalue weighted by atomic mass is 32.2. The van der Waals surface area contributed by atoms with Crippen molar-refractivity contribution in [3.63, 3.8) is 0 Å². The molecule has 1 unspecified atom stereocenters. The fourth-order valence-corrected chi connectivity index (χ4v) is 9.48. The first-order valence-electron chi connectivity index (χ1n) is 18.7. The molecule has 1 aromatic carbocycles. The molecule has 0 aliphatic carbocycles. The number of carbonyl (C=O) groups is 8. The molecule has 4 amide bonds. The zero-order chi connectivity index (χ0) is 48.2. The number of β-lactam (4-membered cyclic amide) rings is 2. The molecule has 5 atom stereocenters. The quantitative estimate of drug-likeness (QED) is 0.0159. The van der Waals surface area contributed by atoms with Crippen molar-refractivity contribution in [3.8, 4) is 5.75 Å². The van der Waals surface area contributed by atoms with Gasteiger partial charge in [0, 0.05) is 43.5 Å². The van der Waals surface area contributed by atoms with Gasteiger partial charge in [0.05, 0.1) is 6.61 Å². The molecule has 0 bridgehead atoms. The van der Waals surface area contributed by atoms with Gasteiger partial charge in [-0.1, -0.05) is 29.1 Å². The van der Waals surface area contributed by atoms with E-state index in [1.54, 1.807) is 7.05 Å². The van der Waals surface area contributed by atoms with Crippen LogP contribution in [0.15, 0.2) is 62.5 Å². The number of thiazole rings is 1. The molecule has 66 heavy (non-hydrogen) atoms. The molecule has 2 fully saturated rings. The molecule has 2 saturated heterocycles. The van der Waals surface area contributed by atoms with E-state index in [9.17, 15) is 58.8 Å². The molecule has 4 aliphatic rings. The molecule has 30 heteroatoms. The number of rotatable bonds is 16. The number of thioether (sulfide) groups is 2. The van der Waals surface area contributed by atoms with Gasteiger partial charge in [-0.15, -0.1) is 28.2 Å². The summed E-state index contributed by atoms with van der Waals surface area (Å²) in [4.78, 5) is 109. The van der Waals surface area contributed by atoms with E-state index in [1.807, 2.05) is 0 Å². The molecule has 27 nitrogen and oxygen atoms in total. The maximum absolute atomic E-state index is 13.2. The number of benzene rings is 1. The maximum Gasteiger partial charge on any atom is 0.352 e. The van der Waals surface area contributed by atoms with Crippen molar-refractivity contribution < 1.29 is 77.8 Å². The van der Waals surface area contributed by atoms with Crippen molar-refractivity contribution >= 4 is 93.2 Å². The largest absolute Gasteiger partial charge is 0.508 e. The number of phenols is 1. The fourth-order valence-electron chi connectivity index (χ4n) is 6.76. The summed E-state index contributed by atoms with van der Waals surface area (Å²) in [6, 6.07) is 3.96. The van der Waals surface area contributed by atoms with E-state index in [1.165, 1.54) is 60.1 Å². The second-order valence-electron chi connectivity index (χ2n) is 13.9. The first kappa shape index (κ1) is 48.3. The molecule has 3 aromatic rings. The number of tetrazole rings is 1. The Kier molecular flexibility index (Phi) is 14.6. The Balaban J connectivity index is 0.000000222. The summed E-state index contributed by atoms with van der Waals surface area (Å²) in [7, 11) is 3.97. The van der Waals surface area contributed by atoms with Gasteiger partial charge in [0.25, 0.3) is 23.4 Å². The number of fused-ring (bicyclic) bond motifs is 2. The number of aliphatic carboxylic acids is 3. The highest BCUT2D eigenvalue weighted by molar-refractivity contribution is 8.00. The molecule has 4 aliphatic heterocycles. The number of nitrogens with two attached hydrogens (primary N) is 1. The van der Waals surface area contributed by atoms with Gasteiger partial charge in [0.2, 0.25) is 11.1 Å². The van der Waals surface area contributed by atoms with E-state index in [2.05, 4.69) is 41.1 Å². The fraction of sp³-hybridized carbons (Fsp3) is 0.361. The third-order valence-electron chi connectivity index (χ3n) is 9.78. The van der Waals surface area contributed by atoms with Crippen LogP contribution in [0.5, 0.6) is 5.75 Å². The number of ether oxygens (including phenoxy) is 3. The average molecular weight is 976 g/mol. The first-order valence-corrected chi connectivity index (χ1v) is 21.6. The maximum atomic E-state index is 13.2. The van der Waals surface area contributed by atoms with E-state index >= 15 is 0 Å². The van der Waals surface area contributed by atoms with Crippen LogP contribution in [0.4, 0.5) is 5.13 Å². The van der Waals surface area contributed by atoms with Crippen LogP contribution < -0.4 is 16.4 Å². The summed E-state index contributed by atoms with van der Waals surface area (Å²) in [6.45, 7) is 0.762. The molecular formula is C36H37N11O16S3. The van der Waals surface area contributed by atoms with E-state index < -0.39 is 76.8 Å². The van der Waals surface area contributed by atoms with Crippen molar-refractivity contribution in [2.45, 2.75) is 41.4 Å². The van der Waals surface area contributed by atoms with Crippen molar-refractivity contribution in [1.29, 1.82) is 0 Å². The lowest BCUT2D eigenvalue weighted by atomic mass is 9.92. The van der Waals surface area contributed by atoms with Gasteiger partial charge in [-0.05, 0) is 33.7 Å². The van der Waals surface area contributed by atoms with Gasteiger partial charge in [-0.2, -0.15) is 0 Å². The predicted octanol–water partition coefficient (Wildman–Crippen LogP) is -1.75. The van der Waals surface area contributed by atoms with Crippen LogP contribution in [0.3, 0.4) is 0 Å². The number of amides is 4. The number of aromatic nitrogens is 5. The molecule has 0 saturated carbocycles. The Morgan fingerprint density at radius 2 is 1.74 bits per heavy atom. The van der Waals surface area contributed by atoms with Crippen molar-refractivity contribution in [2.75, 3.05) is 44.7 Å². The minimum atomic E-state index is -2.14. The summed E-state index contributed by atoms with van der Waals surface area (Å²) in [5.41, 5.74) is 3.49. The molecule has 0 spiro atoms. The smallest absolute Gasteiger partial charge is 0.352 e. The highest BCUT2D eigenvalue weighted by Crippen LogP contribution is 2.42. The summed E-state index contributed by atoms with van der Waals surface area (Å²) < 4.78 is 17.3. The molecule has 6 heterocycles. The number of carboxylic acids is 3. The van der Waals surface area contributed by atoms with E-state index in [-0.39, 0.29) is 69.5 Å². The number of phenolic OH excluding ortho intramolecular Hbond substituents is 1. The summed E-state index contributed by atoms with van der Waals surface area (Å²) in [6.07, 6.45) is -1.36. The minimum absolute atomic E-state index is 0.0425. The van der Waals surface area contributed by atoms with Crippen molar-refractivity contribution in [1.82, 2.24) is 45.6 Å². The SMILES string of the molecule is CO/N=C(/C(=O)N[C@@H]1C(=O)N2C(C(=O)O)=C(COC(C)=O)CS[C@H]12)c1csc(N)n1.CO[C@@]1(NC(=O)C(C(=O)O)c2ccc(O)cc2)C(=O)N2C(C(=O)O)=C(CSc3nnnn3C)CO[C@@H]21. The third kappa shape index (κ3) is 9.47. The number of methoxy groups -OCH3 is 1. The number of nitrogen functional groups attached to an aromatic ring is 1. The Morgan fingerprint density at radius 1 is 1.06 bits per heavy atom. The standard InChI is InChI=1S/C20H20N6O9S.C16H17N5O7S2/c1-25-19(22-23-24-25)36-8-10-7-35-18-20(34-2,17(33)26(18)13(10)16(31)32)21-14(28)12(15(29)30)9-3-5-11(27)6-4-9;1-6(22)28-3-7-4-29-14-10(13(24)21(14)11(7)15(25)26)19-12(23)9(20-27-2)8-5-30-16(17)18-8/h3-6,12,18,27H,7-8H2,1-2H3,(H,21,28)(H,29,30)(H,31,32);5,10,14H,3-4H2,1-2H3,(H2,17,18)(H,19,23)(H,25,26)/b;20-9+/t12?,18-,20+;10-,14-/m11/s1. The summed E-state index contributed by atoms with van der Waals surface area (Å²) in [5.74, 6) is -9.71. The number of esters is 1. The van der Waals surface area contributed by atoms with Crippen molar-refractivity contribution in [3.05, 3.63) is 63.4 Å². The number of oxime groups is 1. The van der Waals surface area contributed by atoms with Crippen LogP contribution in [0.1, 0.15) is 24.1 Å². The van der Waals surface area contributed by atoms with Gasteiger partial charge in [0.1, 0.15) is 48.0 Å². The zero-order valence-electron chi connectivity index (χ0n) is 34.6. The molecule has 8 N–H and O–H groups in total. The monoisotopic (exact) mass is 975 g/mol. The van der Waals surface area contributed by atoms with Crippen LogP contribution >= 0.6 is 34.9 Å². The van der Waals surface area contributed by atoms with Crippen LogP contribution in [-0.2, 0) is 64.5 Å². The van der Waals surface area contributed by atoms with Crippen molar-refractivity contribution in [2.24, 2.45) is 12.2 Å². The van der Waals surface area contributed by atoms with Crippen LogP contribution in [0.2, 0.25) is 0 Å². The second-order valence-corrected chi connectivity index (χ2v) is 16.8. The number of aromatic hydroxyl groups is 1. The minimum Gasteiger partial charge on any atom is -0.508 e. The highest BCUT2D eigenvalue weighted by Gasteiger charge is 2.68. The number of nitrogens with zero attached hydrogens (tertiary/aromatic N) is 8. The van der Waals surface area contributed by atoms with Gasteiger partial charge in [0.15, 0.2) is 23.0 Å². The van der Waals surface area contributed by atoms with Gasteiger partial charge >= 0.3 is 23.9 Å². The zero-order valence-corrected chi connectivity index (χ0v) is 37.0. The number of carbonyl (C=O) groups excluding carboxylic acids is 5. The Labute approximate surface area is 382 Å². The average Bonchev–Trinajstić information content (AvgIpc) is 3.91. The van der Waals surface area contributed by atoms with E-state index in [0.29, 0.717) is 10.7 Å². The number of carboxylic acid groups (broad SMARTS) is 3. The molecular weight excluding hydrogens is 939 g/mol. The van der Waals surface area contributed by atoms with Crippen LogP contribution in [-0.4, -0.2) is 171 Å². The van der Waals surface area contributed by atoms with Gasteiger partial charge < -0.3 is 55.8 Å². The van der Waals surface area contributed by atoms with Crippen LogP contribution in [0, 0.1) is 0 Å². The summed E-state index contributed by atoms with van der Waals surface area (Å²) >= 11 is 3.49. The number of nitrogens with one attached hydrogen (secondary N) is 2. The normalized spacial score (nSPS) is 21.5. The van der Waals surface area contributed by atoms with Gasteiger partial charge in [-0.25, -0.2) is 19.3 Å². The first-order chi connectivity index (χ1) is 31.3. The van der Waals surface area contributed by atoms with Crippen LogP contribution in [0.25, 0.3) is 0 Å². The summed E-state index contributed by atoms with van der Waals surface area (Å²) in [5, 5.41) is 59.5. The Bertz CT molecular complexity index is 2580. The number of hydrogen-bond donors (Lipinski definition) is 7. The predicted molar refractivity (Wildman–Crippen MR) is 224 cm³/mol. The lowest BCUT2D eigenvalue weighted by molar-refractivity contribution is -0.258. The van der Waals surface area contributed by atoms with E-state index in [4.69, 9.17) is 19.9 Å². The van der Waals surface area contributed by atoms with Gasteiger partial charge in [-0.3, -0.25) is 38.6 Å². The molecule has 7 rings (SSSR count). The number of anilines is 1. The number of aryl methyl sites for hydroxylation is 1. The van der Waals surface area contributed by atoms with E-state index in [0.717, 1.165) is 40.0 Å². The lowest BCUT2D eigenvalue weighted by Crippen LogP contribution is -2.82. The number of hydrogen-bond acceptors (Lipinski definition) is 22. The lowest BCUT2D eigenvalue weighted by Gasteiger charge is -2.55. The molecule has 350 valence electrons. The Morgan fingerprint density at radius 3 is 2.30 bits per heavy atom. The molecule has 2 aromatic heterocycles. The second kappa shape index (κ2) is 19.9. The Hall–Kier alpha value is -7.15. The third-order valence-corrected chi connectivity index (χ3v) is 12.9.